The molecule has 2 aliphatic carbocycles. The SMILES string of the molecule is C=CCNC(=O)NC1CC2C=CC1C2. The van der Waals surface area contributed by atoms with E-state index in [9.17, 15) is 4.79 Å². The highest BCUT2D eigenvalue weighted by molar-refractivity contribution is 5.74. The largest absolute Gasteiger partial charge is 0.335 e. The highest BCUT2D eigenvalue weighted by atomic mass is 16.2. The Bertz CT molecular complexity index is 272. The Labute approximate surface area is 84.3 Å². The molecule has 3 heteroatoms. The van der Waals surface area contributed by atoms with Crippen molar-refractivity contribution in [3.8, 4) is 0 Å². The lowest BCUT2D eigenvalue weighted by atomic mass is 10.0. The quantitative estimate of drug-likeness (QED) is 0.653. The van der Waals surface area contributed by atoms with Gasteiger partial charge in [-0.2, -0.15) is 0 Å². The first-order valence-electron chi connectivity index (χ1n) is 5.13. The molecule has 0 aliphatic heterocycles. The Morgan fingerprint density at radius 2 is 2.36 bits per heavy atom. The number of hydrogen-bond acceptors (Lipinski definition) is 1. The molecule has 1 fully saturated rings. The van der Waals surface area contributed by atoms with Gasteiger partial charge in [-0.1, -0.05) is 18.2 Å². The fraction of sp³-hybridized carbons (Fsp3) is 0.545. The summed E-state index contributed by atoms with van der Waals surface area (Å²) in [6.45, 7) is 4.08. The average Bonchev–Trinajstić information content (AvgIpc) is 2.76. The van der Waals surface area contributed by atoms with Crippen LogP contribution in [0, 0.1) is 11.8 Å². The van der Waals surface area contributed by atoms with Gasteiger partial charge < -0.3 is 10.6 Å². The van der Waals surface area contributed by atoms with Gasteiger partial charge in [0.2, 0.25) is 0 Å². The summed E-state index contributed by atoms with van der Waals surface area (Å²) in [5.74, 6) is 1.26. The predicted octanol–water partition coefficient (Wildman–Crippen LogP) is 1.44. The van der Waals surface area contributed by atoms with Gasteiger partial charge in [-0.3, -0.25) is 0 Å². The Balaban J connectivity index is 1.78. The van der Waals surface area contributed by atoms with Crippen molar-refractivity contribution in [1.29, 1.82) is 0 Å². The summed E-state index contributed by atoms with van der Waals surface area (Å²) >= 11 is 0. The zero-order chi connectivity index (χ0) is 9.97. The van der Waals surface area contributed by atoms with E-state index < -0.39 is 0 Å². The van der Waals surface area contributed by atoms with E-state index in [4.69, 9.17) is 0 Å². The third-order valence-corrected chi connectivity index (χ3v) is 3.00. The smallest absolute Gasteiger partial charge is 0.315 e. The van der Waals surface area contributed by atoms with E-state index >= 15 is 0 Å². The van der Waals surface area contributed by atoms with Crippen molar-refractivity contribution in [2.24, 2.45) is 11.8 Å². The molecule has 2 aliphatic rings. The van der Waals surface area contributed by atoms with Crippen LogP contribution >= 0.6 is 0 Å². The van der Waals surface area contributed by atoms with E-state index in [1.807, 2.05) is 0 Å². The van der Waals surface area contributed by atoms with Crippen LogP contribution in [0.2, 0.25) is 0 Å². The van der Waals surface area contributed by atoms with E-state index in [1.165, 1.54) is 6.42 Å². The van der Waals surface area contributed by atoms with Crippen LogP contribution in [0.3, 0.4) is 0 Å². The second-order valence-electron chi connectivity index (χ2n) is 4.03. The van der Waals surface area contributed by atoms with Gasteiger partial charge in [0.25, 0.3) is 0 Å². The van der Waals surface area contributed by atoms with E-state index in [0.29, 0.717) is 24.4 Å². The van der Waals surface area contributed by atoms with Crippen LogP contribution in [0.5, 0.6) is 0 Å². The minimum Gasteiger partial charge on any atom is -0.335 e. The Morgan fingerprint density at radius 3 is 2.93 bits per heavy atom. The minimum atomic E-state index is -0.0733. The van der Waals surface area contributed by atoms with Crippen molar-refractivity contribution < 1.29 is 4.79 Å². The number of amides is 2. The molecule has 2 rings (SSSR count). The van der Waals surface area contributed by atoms with Crippen LogP contribution < -0.4 is 10.6 Å². The summed E-state index contributed by atoms with van der Waals surface area (Å²) < 4.78 is 0. The molecule has 2 N–H and O–H groups in total. The van der Waals surface area contributed by atoms with Gasteiger partial charge in [0.1, 0.15) is 0 Å². The molecule has 1 saturated carbocycles. The van der Waals surface area contributed by atoms with Crippen LogP contribution in [0.1, 0.15) is 12.8 Å². The Kier molecular flexibility index (Phi) is 2.57. The lowest BCUT2D eigenvalue weighted by Crippen LogP contribution is -2.43. The number of fused-ring (bicyclic) bond motifs is 2. The highest BCUT2D eigenvalue weighted by Crippen LogP contribution is 2.38. The zero-order valence-electron chi connectivity index (χ0n) is 8.20. The molecule has 3 nitrogen and oxygen atoms in total. The first-order valence-corrected chi connectivity index (χ1v) is 5.13. The van der Waals surface area contributed by atoms with Crippen molar-refractivity contribution >= 4 is 6.03 Å². The topological polar surface area (TPSA) is 41.1 Å². The number of nitrogens with one attached hydrogen (secondary N) is 2. The molecule has 0 heterocycles. The van der Waals surface area contributed by atoms with Gasteiger partial charge in [-0.25, -0.2) is 4.79 Å². The molecule has 0 radical (unpaired) electrons. The van der Waals surface area contributed by atoms with Gasteiger partial charge in [0.15, 0.2) is 0 Å². The molecule has 2 amide bonds. The van der Waals surface area contributed by atoms with E-state index in [0.717, 1.165) is 6.42 Å². The summed E-state index contributed by atoms with van der Waals surface area (Å²) in [5, 5.41) is 5.72. The molecule has 0 saturated heterocycles. The standard InChI is InChI=1S/C11H16N2O/c1-2-5-12-11(14)13-10-7-8-3-4-9(10)6-8/h2-4,8-10H,1,5-7H2,(H2,12,13,14). The molecule has 0 aromatic heterocycles. The van der Waals surface area contributed by atoms with E-state index in [1.54, 1.807) is 6.08 Å². The van der Waals surface area contributed by atoms with Gasteiger partial charge in [0.05, 0.1) is 0 Å². The minimum absolute atomic E-state index is 0.0733. The first kappa shape index (κ1) is 9.31. The number of carbonyl (C=O) groups excluding carboxylic acids is 1. The maximum atomic E-state index is 11.3. The summed E-state index contributed by atoms with van der Waals surface area (Å²) in [7, 11) is 0. The van der Waals surface area contributed by atoms with E-state index in [-0.39, 0.29) is 6.03 Å². The summed E-state index contributed by atoms with van der Waals surface area (Å²) in [6, 6.07) is 0.269. The zero-order valence-corrected chi connectivity index (χ0v) is 8.20. The molecular weight excluding hydrogens is 176 g/mol. The fourth-order valence-corrected chi connectivity index (χ4v) is 2.33. The van der Waals surface area contributed by atoms with Gasteiger partial charge in [-0.15, -0.1) is 6.58 Å². The van der Waals surface area contributed by atoms with Crippen molar-refractivity contribution in [3.63, 3.8) is 0 Å². The number of carbonyl (C=O) groups is 1. The molecule has 0 aromatic carbocycles. The van der Waals surface area contributed by atoms with Crippen LogP contribution in [0.25, 0.3) is 0 Å². The molecule has 0 spiro atoms. The summed E-state index contributed by atoms with van der Waals surface area (Å²) in [5.41, 5.74) is 0. The molecule has 76 valence electrons. The monoisotopic (exact) mass is 192 g/mol. The van der Waals surface area contributed by atoms with Gasteiger partial charge >= 0.3 is 6.03 Å². The molecular formula is C11H16N2O. The number of urea groups is 1. The lowest BCUT2D eigenvalue weighted by Gasteiger charge is -2.19. The summed E-state index contributed by atoms with van der Waals surface area (Å²) in [4.78, 5) is 11.3. The van der Waals surface area contributed by atoms with Crippen LogP contribution in [-0.4, -0.2) is 18.6 Å². The molecule has 2 bridgehead atoms. The third-order valence-electron chi connectivity index (χ3n) is 3.00. The van der Waals surface area contributed by atoms with E-state index in [2.05, 4.69) is 29.4 Å². The third kappa shape index (κ3) is 1.81. The lowest BCUT2D eigenvalue weighted by molar-refractivity contribution is 0.236. The number of hydrogen-bond donors (Lipinski definition) is 2. The fourth-order valence-electron chi connectivity index (χ4n) is 2.33. The van der Waals surface area contributed by atoms with Crippen LogP contribution in [0.15, 0.2) is 24.8 Å². The van der Waals surface area contributed by atoms with Crippen molar-refractivity contribution in [3.05, 3.63) is 24.8 Å². The summed E-state index contributed by atoms with van der Waals surface area (Å²) in [6.07, 6.45) is 8.49. The molecule has 0 aromatic rings. The molecule has 14 heavy (non-hydrogen) atoms. The van der Waals surface area contributed by atoms with Crippen LogP contribution in [-0.2, 0) is 0 Å². The molecule has 3 unspecified atom stereocenters. The number of rotatable bonds is 3. The van der Waals surface area contributed by atoms with Crippen LogP contribution in [0.4, 0.5) is 4.79 Å². The van der Waals surface area contributed by atoms with Crippen molar-refractivity contribution in [1.82, 2.24) is 10.6 Å². The van der Waals surface area contributed by atoms with Gasteiger partial charge in [-0.05, 0) is 24.7 Å². The second-order valence-corrected chi connectivity index (χ2v) is 4.03. The van der Waals surface area contributed by atoms with Gasteiger partial charge in [0, 0.05) is 12.6 Å². The Morgan fingerprint density at radius 1 is 1.50 bits per heavy atom. The maximum Gasteiger partial charge on any atom is 0.315 e. The average molecular weight is 192 g/mol. The predicted molar refractivity (Wildman–Crippen MR) is 55.9 cm³/mol. The second kappa shape index (κ2) is 3.86. The van der Waals surface area contributed by atoms with Crippen molar-refractivity contribution in [2.75, 3.05) is 6.54 Å². The highest BCUT2D eigenvalue weighted by Gasteiger charge is 2.36. The Hall–Kier alpha value is -1.25. The molecule has 3 atom stereocenters. The normalized spacial score (nSPS) is 33.0. The maximum absolute atomic E-state index is 11.3. The van der Waals surface area contributed by atoms with Crippen molar-refractivity contribution in [2.45, 2.75) is 18.9 Å². The first-order chi connectivity index (χ1) is 6.79. The number of allylic oxidation sites excluding steroid dienone is 1.